The van der Waals surface area contributed by atoms with Gasteiger partial charge in [-0.1, -0.05) is 133 Å². The third-order valence-corrected chi connectivity index (χ3v) is 8.39. The topological polar surface area (TPSA) is 8.17 Å². The Balaban J connectivity index is 1.28. The van der Waals surface area contributed by atoms with Gasteiger partial charge < -0.3 is 9.47 Å². The summed E-state index contributed by atoms with van der Waals surface area (Å²) in [5, 5.41) is 2.47. The van der Waals surface area contributed by atoms with Crippen molar-refractivity contribution in [1.29, 1.82) is 0 Å². The third-order valence-electron chi connectivity index (χ3n) is 8.39. The summed E-state index contributed by atoms with van der Waals surface area (Å²) in [5.41, 5.74) is 11.8. The first-order valence-corrected chi connectivity index (χ1v) is 15.0. The van der Waals surface area contributed by atoms with Gasteiger partial charge in [0.05, 0.1) is 16.7 Å². The Morgan fingerprint density at radius 3 is 1.39 bits per heavy atom. The maximum atomic E-state index is 2.42. The van der Waals surface area contributed by atoms with Crippen LogP contribution in [0.1, 0.15) is 0 Å². The minimum absolute atomic E-state index is 1.12. The summed E-state index contributed by atoms with van der Waals surface area (Å²) in [6.07, 6.45) is 0. The van der Waals surface area contributed by atoms with Crippen molar-refractivity contribution in [3.8, 4) is 27.9 Å². The minimum atomic E-state index is 1.12. The van der Waals surface area contributed by atoms with Gasteiger partial charge in [0.15, 0.2) is 0 Å². The molecule has 2 nitrogen and oxygen atoms in total. The Bertz CT molecular complexity index is 2140. The number of aromatic nitrogens is 1. The molecule has 208 valence electrons. The van der Waals surface area contributed by atoms with E-state index in [4.69, 9.17) is 0 Å². The molecule has 0 aliphatic rings. The summed E-state index contributed by atoms with van der Waals surface area (Å²) >= 11 is 0. The molecule has 0 N–H and O–H groups in total. The SMILES string of the molecule is c1ccc(-c2ccc(-c3ccc(-n4c5ccccc5c5cccc(N(c6ccccc6)c6ccccc6)c54)cc3)cc2)cc1. The lowest BCUT2D eigenvalue weighted by Gasteiger charge is -2.27. The first-order valence-electron chi connectivity index (χ1n) is 15.0. The number of rotatable bonds is 6. The molecule has 8 aromatic rings. The van der Waals surface area contributed by atoms with Crippen molar-refractivity contribution in [2.45, 2.75) is 0 Å². The Kier molecular flexibility index (Phi) is 6.51. The van der Waals surface area contributed by atoms with Crippen LogP contribution in [0.15, 0.2) is 182 Å². The van der Waals surface area contributed by atoms with E-state index in [1.54, 1.807) is 0 Å². The summed E-state index contributed by atoms with van der Waals surface area (Å²) < 4.78 is 2.42. The number of benzene rings is 7. The van der Waals surface area contributed by atoms with Gasteiger partial charge >= 0.3 is 0 Å². The maximum absolute atomic E-state index is 2.42. The molecular formula is C42H30N2. The average molecular weight is 563 g/mol. The first-order chi connectivity index (χ1) is 21.8. The predicted molar refractivity (Wildman–Crippen MR) is 186 cm³/mol. The highest BCUT2D eigenvalue weighted by Gasteiger charge is 2.21. The zero-order valence-electron chi connectivity index (χ0n) is 24.2. The van der Waals surface area contributed by atoms with Crippen LogP contribution in [0, 0.1) is 0 Å². The van der Waals surface area contributed by atoms with Crippen molar-refractivity contribution in [2.75, 3.05) is 4.90 Å². The van der Waals surface area contributed by atoms with Gasteiger partial charge in [0.1, 0.15) is 0 Å². The lowest BCUT2D eigenvalue weighted by Crippen LogP contribution is -2.11. The number of hydrogen-bond acceptors (Lipinski definition) is 1. The molecule has 0 saturated carbocycles. The fourth-order valence-corrected chi connectivity index (χ4v) is 6.32. The molecule has 0 atom stereocenters. The van der Waals surface area contributed by atoms with Crippen LogP contribution in [0.3, 0.4) is 0 Å². The van der Waals surface area contributed by atoms with Gasteiger partial charge in [-0.05, 0) is 70.8 Å². The van der Waals surface area contributed by atoms with E-state index in [0.29, 0.717) is 0 Å². The molecule has 2 heteroatoms. The van der Waals surface area contributed by atoms with Crippen molar-refractivity contribution in [3.05, 3.63) is 182 Å². The van der Waals surface area contributed by atoms with Crippen LogP contribution in [0.5, 0.6) is 0 Å². The van der Waals surface area contributed by atoms with Gasteiger partial charge in [-0.3, -0.25) is 0 Å². The molecule has 44 heavy (non-hydrogen) atoms. The molecule has 1 aromatic heterocycles. The second-order valence-corrected chi connectivity index (χ2v) is 11.0. The minimum Gasteiger partial charge on any atom is -0.308 e. The predicted octanol–water partition coefficient (Wildman–Crippen LogP) is 11.6. The molecule has 0 fully saturated rings. The molecular weight excluding hydrogens is 532 g/mol. The second-order valence-electron chi connectivity index (χ2n) is 11.0. The van der Waals surface area contributed by atoms with Crippen LogP contribution in [0.25, 0.3) is 49.7 Å². The van der Waals surface area contributed by atoms with E-state index in [1.165, 1.54) is 44.1 Å². The van der Waals surface area contributed by atoms with E-state index in [1.807, 2.05) is 0 Å². The molecule has 0 bridgehead atoms. The molecule has 1 heterocycles. The average Bonchev–Trinajstić information content (AvgIpc) is 3.45. The highest BCUT2D eigenvalue weighted by Crippen LogP contribution is 2.43. The molecule has 0 unspecified atom stereocenters. The zero-order valence-corrected chi connectivity index (χ0v) is 24.2. The number of para-hydroxylation sites is 4. The molecule has 0 saturated heterocycles. The molecule has 7 aromatic carbocycles. The largest absolute Gasteiger partial charge is 0.308 e. The van der Waals surface area contributed by atoms with E-state index in [-0.39, 0.29) is 0 Å². The first kappa shape index (κ1) is 25.8. The third kappa shape index (κ3) is 4.54. The number of hydrogen-bond donors (Lipinski definition) is 0. The Morgan fingerprint density at radius 1 is 0.341 bits per heavy atom. The van der Waals surface area contributed by atoms with Crippen molar-refractivity contribution in [2.24, 2.45) is 0 Å². The Morgan fingerprint density at radius 2 is 0.795 bits per heavy atom. The fraction of sp³-hybridized carbons (Fsp3) is 0. The van der Waals surface area contributed by atoms with Crippen LogP contribution >= 0.6 is 0 Å². The van der Waals surface area contributed by atoms with Crippen LogP contribution in [-0.4, -0.2) is 4.57 Å². The summed E-state index contributed by atoms with van der Waals surface area (Å²) in [4.78, 5) is 2.36. The van der Waals surface area contributed by atoms with Gasteiger partial charge in [0, 0.05) is 27.8 Å². The quantitative estimate of drug-likeness (QED) is 0.196. The Hall–Kier alpha value is -5.86. The lowest BCUT2D eigenvalue weighted by molar-refractivity contribution is 1.17. The number of nitrogens with zero attached hydrogens (tertiary/aromatic N) is 2. The van der Waals surface area contributed by atoms with Crippen molar-refractivity contribution in [3.63, 3.8) is 0 Å². The number of anilines is 3. The molecule has 0 aliphatic carbocycles. The van der Waals surface area contributed by atoms with Gasteiger partial charge in [-0.15, -0.1) is 0 Å². The van der Waals surface area contributed by atoms with E-state index in [2.05, 4.69) is 191 Å². The molecule has 0 aliphatic heterocycles. The van der Waals surface area contributed by atoms with Gasteiger partial charge in [0.25, 0.3) is 0 Å². The monoisotopic (exact) mass is 562 g/mol. The van der Waals surface area contributed by atoms with Crippen molar-refractivity contribution in [1.82, 2.24) is 4.57 Å². The Labute approximate surface area is 257 Å². The summed E-state index contributed by atoms with van der Waals surface area (Å²) in [6.45, 7) is 0. The summed E-state index contributed by atoms with van der Waals surface area (Å²) in [5.74, 6) is 0. The van der Waals surface area contributed by atoms with Crippen LogP contribution in [-0.2, 0) is 0 Å². The summed E-state index contributed by atoms with van der Waals surface area (Å²) in [7, 11) is 0. The molecule has 0 radical (unpaired) electrons. The van der Waals surface area contributed by atoms with Crippen molar-refractivity contribution < 1.29 is 0 Å². The fourth-order valence-electron chi connectivity index (χ4n) is 6.32. The lowest BCUT2D eigenvalue weighted by atomic mass is 10.0. The normalized spacial score (nSPS) is 11.2. The molecule has 0 amide bonds. The molecule has 0 spiro atoms. The smallest absolute Gasteiger partial charge is 0.0782 e. The highest BCUT2D eigenvalue weighted by atomic mass is 15.2. The van der Waals surface area contributed by atoms with Crippen molar-refractivity contribution >= 4 is 38.9 Å². The maximum Gasteiger partial charge on any atom is 0.0782 e. The van der Waals surface area contributed by atoms with Crippen LogP contribution < -0.4 is 4.90 Å². The van der Waals surface area contributed by atoms with Gasteiger partial charge in [-0.2, -0.15) is 0 Å². The van der Waals surface area contributed by atoms with E-state index in [0.717, 1.165) is 22.7 Å². The second kappa shape index (κ2) is 11.1. The number of fused-ring (bicyclic) bond motifs is 3. The standard InChI is InChI=1S/C42H30N2/c1-4-13-31(14-5-1)32-23-25-33(26-24-32)34-27-29-37(30-28-34)44-40-21-11-10-19-38(40)39-20-12-22-41(42(39)44)43(35-15-6-2-7-16-35)36-17-8-3-9-18-36/h1-30H. The van der Waals surface area contributed by atoms with Crippen LogP contribution in [0.2, 0.25) is 0 Å². The zero-order chi connectivity index (χ0) is 29.3. The van der Waals surface area contributed by atoms with E-state index >= 15 is 0 Å². The van der Waals surface area contributed by atoms with Gasteiger partial charge in [0.2, 0.25) is 0 Å². The summed E-state index contributed by atoms with van der Waals surface area (Å²) in [6, 6.07) is 65.0. The highest BCUT2D eigenvalue weighted by molar-refractivity contribution is 6.14. The van der Waals surface area contributed by atoms with E-state index in [9.17, 15) is 0 Å². The van der Waals surface area contributed by atoms with Gasteiger partial charge in [-0.25, -0.2) is 0 Å². The van der Waals surface area contributed by atoms with Crippen LogP contribution in [0.4, 0.5) is 17.1 Å². The molecule has 8 rings (SSSR count). The van der Waals surface area contributed by atoms with E-state index < -0.39 is 0 Å².